The molecule has 0 rings (SSSR count). The molecule has 0 bridgehead atoms. The molecule has 0 heterocycles. The predicted octanol–water partition coefficient (Wildman–Crippen LogP) is 11.7. The van der Waals surface area contributed by atoms with E-state index in [1.54, 1.807) is 0 Å². The van der Waals surface area contributed by atoms with E-state index in [4.69, 9.17) is 4.74 Å². The van der Waals surface area contributed by atoms with E-state index >= 15 is 0 Å². The van der Waals surface area contributed by atoms with E-state index < -0.39 is 0 Å². The minimum atomic E-state index is 0.281. The number of unbranched alkanes of at least 4 members (excludes halogenated alkanes) is 19. The molecule has 0 amide bonds. The van der Waals surface area contributed by atoms with E-state index in [2.05, 4.69) is 49.6 Å². The van der Waals surface area contributed by atoms with Gasteiger partial charge in [-0.25, -0.2) is 0 Å². The van der Waals surface area contributed by atoms with Crippen molar-refractivity contribution in [2.75, 3.05) is 32.8 Å². The fraction of sp³-hybridized carbons (Fsp3) is 0.842. The molecular weight excluding hydrogens is 502 g/mol. The van der Waals surface area contributed by atoms with Gasteiger partial charge in [-0.15, -0.1) is 0 Å². The lowest BCUT2D eigenvalue weighted by Crippen LogP contribution is -2.29. The molecule has 3 heteroatoms. The Kier molecular flexibility index (Phi) is 34.2. The number of hydrogen-bond donors (Lipinski definition) is 1. The lowest BCUT2D eigenvalue weighted by molar-refractivity contribution is 0.189. The molecule has 0 fully saturated rings. The Morgan fingerprint density at radius 3 is 1.61 bits per heavy atom. The summed E-state index contributed by atoms with van der Waals surface area (Å²) >= 11 is 0. The predicted molar refractivity (Wildman–Crippen MR) is 184 cm³/mol. The highest BCUT2D eigenvalue weighted by Crippen LogP contribution is 2.14. The van der Waals surface area contributed by atoms with E-state index in [-0.39, 0.29) is 6.61 Å². The summed E-state index contributed by atoms with van der Waals surface area (Å²) in [6.07, 6.45) is 41.5. The third kappa shape index (κ3) is 33.3. The number of allylic oxidation sites excluding steroid dienone is 5. The van der Waals surface area contributed by atoms with Gasteiger partial charge in [0.2, 0.25) is 0 Å². The van der Waals surface area contributed by atoms with E-state index in [9.17, 15) is 5.11 Å². The largest absolute Gasteiger partial charge is 0.499 e. The van der Waals surface area contributed by atoms with Crippen molar-refractivity contribution in [3.63, 3.8) is 0 Å². The van der Waals surface area contributed by atoms with Crippen LogP contribution >= 0.6 is 0 Å². The van der Waals surface area contributed by atoms with Crippen molar-refractivity contribution >= 4 is 0 Å². The molecule has 0 saturated heterocycles. The van der Waals surface area contributed by atoms with Crippen LogP contribution in [0.15, 0.2) is 36.6 Å². The number of aliphatic hydroxyl groups is 1. The normalized spacial score (nSPS) is 11.9. The fourth-order valence-electron chi connectivity index (χ4n) is 5.34. The van der Waals surface area contributed by atoms with E-state index in [0.29, 0.717) is 0 Å². The molecule has 0 atom stereocenters. The first-order valence-electron chi connectivity index (χ1n) is 18.2. The van der Waals surface area contributed by atoms with Gasteiger partial charge < -0.3 is 14.7 Å². The molecule has 0 aliphatic rings. The Bertz CT molecular complexity index is 571. The summed E-state index contributed by atoms with van der Waals surface area (Å²) < 4.78 is 5.83. The Labute approximate surface area is 258 Å². The molecule has 0 saturated carbocycles. The average molecular weight is 576 g/mol. The molecule has 1 N–H and O–H groups in total. The lowest BCUT2D eigenvalue weighted by Gasteiger charge is -2.21. The third-order valence-electron chi connectivity index (χ3n) is 8.08. The second-order valence-electron chi connectivity index (χ2n) is 12.2. The number of hydrogen-bond acceptors (Lipinski definition) is 3. The molecule has 0 aromatic carbocycles. The number of nitrogens with zero attached hydrogens (tertiary/aromatic N) is 1. The van der Waals surface area contributed by atoms with Crippen LogP contribution in [0.1, 0.15) is 174 Å². The van der Waals surface area contributed by atoms with Crippen molar-refractivity contribution < 1.29 is 9.84 Å². The summed E-state index contributed by atoms with van der Waals surface area (Å²) in [4.78, 5) is 2.47. The van der Waals surface area contributed by atoms with Gasteiger partial charge in [-0.05, 0) is 70.9 Å². The van der Waals surface area contributed by atoms with Gasteiger partial charge in [0.05, 0.1) is 19.0 Å². The first-order valence-corrected chi connectivity index (χ1v) is 18.2. The highest BCUT2D eigenvalue weighted by Gasteiger charge is 2.04. The molecule has 0 radical (unpaired) electrons. The smallest absolute Gasteiger partial charge is 0.0888 e. The highest BCUT2D eigenvalue weighted by atomic mass is 16.5. The standard InChI is InChI=1S/C38H73NO2/c1-4-6-8-10-12-13-14-15-16-17-18-19-20-21-25-29-33-39(35-36-40)34-30-26-23-24-28-32-38(3)41-37-31-27-22-11-9-7-5-2/h12-13,15-16,40H,3-11,14,17-37H2,1-2H3/b13-12-,16-15-. The van der Waals surface area contributed by atoms with E-state index in [0.717, 1.165) is 44.8 Å². The van der Waals surface area contributed by atoms with Gasteiger partial charge in [0.25, 0.3) is 0 Å². The molecule has 41 heavy (non-hydrogen) atoms. The summed E-state index contributed by atoms with van der Waals surface area (Å²) in [5.41, 5.74) is 0. The number of aliphatic hydroxyl groups excluding tert-OH is 1. The van der Waals surface area contributed by atoms with Crippen molar-refractivity contribution in [1.82, 2.24) is 4.90 Å². The van der Waals surface area contributed by atoms with Crippen LogP contribution in [0.2, 0.25) is 0 Å². The van der Waals surface area contributed by atoms with Crippen LogP contribution < -0.4 is 0 Å². The summed E-state index contributed by atoms with van der Waals surface area (Å²) in [5.74, 6) is 0.985. The number of ether oxygens (including phenoxy) is 1. The van der Waals surface area contributed by atoms with Gasteiger partial charge in [-0.2, -0.15) is 0 Å². The fourth-order valence-corrected chi connectivity index (χ4v) is 5.34. The molecule has 0 unspecified atom stereocenters. The quantitative estimate of drug-likeness (QED) is 0.0470. The van der Waals surface area contributed by atoms with Crippen LogP contribution in [0.4, 0.5) is 0 Å². The molecule has 0 aliphatic heterocycles. The first-order chi connectivity index (χ1) is 20.2. The zero-order chi connectivity index (χ0) is 29.9. The Hall–Kier alpha value is -1.06. The Morgan fingerprint density at radius 2 is 1.02 bits per heavy atom. The first kappa shape index (κ1) is 39.9. The maximum absolute atomic E-state index is 9.46. The SMILES string of the molecule is C=C(CCCCCCCN(CCO)CCCCCCCC/C=C\C/C=C\CCCCC)OCCCCCCCCC. The second-order valence-corrected chi connectivity index (χ2v) is 12.2. The Balaban J connectivity index is 3.53. The highest BCUT2D eigenvalue weighted by molar-refractivity contribution is 4.92. The van der Waals surface area contributed by atoms with Gasteiger partial charge in [0.1, 0.15) is 0 Å². The van der Waals surface area contributed by atoms with Crippen molar-refractivity contribution in [1.29, 1.82) is 0 Å². The summed E-state index contributed by atoms with van der Waals surface area (Å²) in [7, 11) is 0. The lowest BCUT2D eigenvalue weighted by atomic mass is 10.1. The average Bonchev–Trinajstić information content (AvgIpc) is 2.97. The maximum Gasteiger partial charge on any atom is 0.0888 e. The molecule has 3 nitrogen and oxygen atoms in total. The van der Waals surface area contributed by atoms with Gasteiger partial charge in [-0.1, -0.05) is 141 Å². The van der Waals surface area contributed by atoms with Crippen LogP contribution in [0, 0.1) is 0 Å². The topological polar surface area (TPSA) is 32.7 Å². The van der Waals surface area contributed by atoms with Crippen molar-refractivity contribution in [2.45, 2.75) is 174 Å². The summed E-state index contributed by atoms with van der Waals surface area (Å²) in [6.45, 7) is 12.9. The summed E-state index contributed by atoms with van der Waals surface area (Å²) in [6, 6.07) is 0. The minimum absolute atomic E-state index is 0.281. The maximum atomic E-state index is 9.46. The molecule has 242 valence electrons. The molecule has 0 aromatic rings. The van der Waals surface area contributed by atoms with E-state index in [1.807, 2.05) is 0 Å². The van der Waals surface area contributed by atoms with Crippen LogP contribution in [-0.4, -0.2) is 42.9 Å². The zero-order valence-corrected chi connectivity index (χ0v) is 28.0. The van der Waals surface area contributed by atoms with Gasteiger partial charge in [-0.3, -0.25) is 0 Å². The summed E-state index contributed by atoms with van der Waals surface area (Å²) in [5, 5.41) is 9.46. The van der Waals surface area contributed by atoms with Crippen LogP contribution in [0.3, 0.4) is 0 Å². The Morgan fingerprint density at radius 1 is 0.561 bits per heavy atom. The molecule has 0 aromatic heterocycles. The van der Waals surface area contributed by atoms with Gasteiger partial charge >= 0.3 is 0 Å². The minimum Gasteiger partial charge on any atom is -0.499 e. The van der Waals surface area contributed by atoms with Crippen molar-refractivity contribution in [3.05, 3.63) is 36.6 Å². The zero-order valence-electron chi connectivity index (χ0n) is 28.0. The molecule has 0 spiro atoms. The third-order valence-corrected chi connectivity index (χ3v) is 8.08. The van der Waals surface area contributed by atoms with Crippen LogP contribution in [-0.2, 0) is 4.74 Å². The van der Waals surface area contributed by atoms with Crippen LogP contribution in [0.25, 0.3) is 0 Å². The second kappa shape index (κ2) is 35.1. The van der Waals surface area contributed by atoms with E-state index in [1.165, 1.54) is 148 Å². The van der Waals surface area contributed by atoms with Gasteiger partial charge in [0, 0.05) is 13.0 Å². The molecule has 0 aliphatic carbocycles. The molecular formula is C38H73NO2. The number of rotatable bonds is 34. The monoisotopic (exact) mass is 576 g/mol. The van der Waals surface area contributed by atoms with Crippen molar-refractivity contribution in [2.24, 2.45) is 0 Å². The van der Waals surface area contributed by atoms with Gasteiger partial charge in [0.15, 0.2) is 0 Å². The van der Waals surface area contributed by atoms with Crippen molar-refractivity contribution in [3.8, 4) is 0 Å². The van der Waals surface area contributed by atoms with Crippen LogP contribution in [0.5, 0.6) is 0 Å².